The Kier molecular flexibility index (Phi) is 1.05. The van der Waals surface area contributed by atoms with E-state index >= 15 is 0 Å². The molecule has 1 saturated heterocycles. The molecule has 1 atom stereocenters. The van der Waals surface area contributed by atoms with Crippen LogP contribution in [0.3, 0.4) is 0 Å². The molecular formula is C5H9ClO. The van der Waals surface area contributed by atoms with Gasteiger partial charge in [0.15, 0.2) is 0 Å². The van der Waals surface area contributed by atoms with E-state index in [1.165, 1.54) is 0 Å². The van der Waals surface area contributed by atoms with Crippen LogP contribution in [0.15, 0.2) is 0 Å². The van der Waals surface area contributed by atoms with Crippen molar-refractivity contribution >= 4 is 11.6 Å². The molecule has 0 saturated carbocycles. The standard InChI is InChI=1S/C5H9ClO/c1-5(2)3-4(6)7-5/h4H,3H2,1-2H3. The monoisotopic (exact) mass is 120 g/mol. The third-order valence-corrected chi connectivity index (χ3v) is 1.34. The second-order valence-electron chi connectivity index (χ2n) is 2.49. The summed E-state index contributed by atoms with van der Waals surface area (Å²) in [5, 5.41) is 0. The molecule has 42 valence electrons. The van der Waals surface area contributed by atoms with E-state index in [0.29, 0.717) is 0 Å². The van der Waals surface area contributed by atoms with Gasteiger partial charge in [-0.15, -0.1) is 0 Å². The molecule has 0 aliphatic carbocycles. The van der Waals surface area contributed by atoms with Gasteiger partial charge in [-0.05, 0) is 13.8 Å². The van der Waals surface area contributed by atoms with Crippen molar-refractivity contribution in [3.8, 4) is 0 Å². The molecule has 1 fully saturated rings. The minimum atomic E-state index is -0.0185. The van der Waals surface area contributed by atoms with Crippen LogP contribution in [-0.2, 0) is 4.74 Å². The van der Waals surface area contributed by atoms with Crippen molar-refractivity contribution in [2.24, 2.45) is 0 Å². The number of halogens is 1. The lowest BCUT2D eigenvalue weighted by atomic mass is 10.0. The van der Waals surface area contributed by atoms with Crippen molar-refractivity contribution < 1.29 is 4.74 Å². The van der Waals surface area contributed by atoms with Crippen LogP contribution in [-0.4, -0.2) is 11.2 Å². The van der Waals surface area contributed by atoms with Gasteiger partial charge in [0.2, 0.25) is 0 Å². The van der Waals surface area contributed by atoms with Gasteiger partial charge in [-0.3, -0.25) is 0 Å². The normalized spacial score (nSPS) is 37.3. The van der Waals surface area contributed by atoms with E-state index in [4.69, 9.17) is 16.3 Å². The number of hydrogen-bond donors (Lipinski definition) is 0. The third kappa shape index (κ3) is 1.07. The summed E-state index contributed by atoms with van der Waals surface area (Å²) in [6, 6.07) is 0. The van der Waals surface area contributed by atoms with Gasteiger partial charge in [-0.1, -0.05) is 11.6 Å². The zero-order valence-electron chi connectivity index (χ0n) is 4.57. The predicted molar refractivity (Wildman–Crippen MR) is 29.4 cm³/mol. The number of alkyl halides is 1. The summed E-state index contributed by atoms with van der Waals surface area (Å²) in [7, 11) is 0. The summed E-state index contributed by atoms with van der Waals surface area (Å²) in [5.74, 6) is 0. The van der Waals surface area contributed by atoms with E-state index in [-0.39, 0.29) is 11.2 Å². The Labute approximate surface area is 48.6 Å². The Balaban J connectivity index is 2.29. The van der Waals surface area contributed by atoms with Gasteiger partial charge in [0.25, 0.3) is 0 Å². The largest absolute Gasteiger partial charge is 0.356 e. The average Bonchev–Trinajstić information content (AvgIpc) is 1.27. The van der Waals surface area contributed by atoms with Crippen molar-refractivity contribution in [1.82, 2.24) is 0 Å². The summed E-state index contributed by atoms with van der Waals surface area (Å²) in [4.78, 5) is 0. The fourth-order valence-electron chi connectivity index (χ4n) is 0.723. The summed E-state index contributed by atoms with van der Waals surface area (Å²) in [6.45, 7) is 4.07. The van der Waals surface area contributed by atoms with Crippen LogP contribution in [0.25, 0.3) is 0 Å². The Bertz CT molecular complexity index is 72.1. The predicted octanol–water partition coefficient (Wildman–Crippen LogP) is 1.75. The maximum Gasteiger partial charge on any atom is 0.134 e. The zero-order valence-corrected chi connectivity index (χ0v) is 5.33. The molecule has 1 aliphatic heterocycles. The second kappa shape index (κ2) is 1.36. The van der Waals surface area contributed by atoms with E-state index < -0.39 is 0 Å². The van der Waals surface area contributed by atoms with E-state index in [1.54, 1.807) is 0 Å². The van der Waals surface area contributed by atoms with E-state index in [9.17, 15) is 0 Å². The molecule has 0 aromatic rings. The molecule has 1 heterocycles. The molecule has 0 bridgehead atoms. The molecule has 1 rings (SSSR count). The van der Waals surface area contributed by atoms with Crippen LogP contribution in [0.2, 0.25) is 0 Å². The lowest BCUT2D eigenvalue weighted by Gasteiger charge is -2.39. The van der Waals surface area contributed by atoms with Gasteiger partial charge < -0.3 is 4.74 Å². The molecular weight excluding hydrogens is 112 g/mol. The first-order valence-corrected chi connectivity index (χ1v) is 2.86. The van der Waals surface area contributed by atoms with Crippen LogP contribution in [0, 0.1) is 0 Å². The molecule has 1 unspecified atom stereocenters. The average molecular weight is 121 g/mol. The van der Waals surface area contributed by atoms with Gasteiger partial charge in [-0.25, -0.2) is 0 Å². The first kappa shape index (κ1) is 5.39. The van der Waals surface area contributed by atoms with Gasteiger partial charge in [0.05, 0.1) is 5.60 Å². The SMILES string of the molecule is CC1(C)CC(Cl)O1. The van der Waals surface area contributed by atoms with Crippen LogP contribution in [0.4, 0.5) is 0 Å². The highest BCUT2D eigenvalue weighted by Gasteiger charge is 2.35. The molecule has 7 heavy (non-hydrogen) atoms. The maximum atomic E-state index is 5.51. The topological polar surface area (TPSA) is 9.23 Å². The highest BCUT2D eigenvalue weighted by Crippen LogP contribution is 2.33. The van der Waals surface area contributed by atoms with Crippen molar-refractivity contribution in [2.75, 3.05) is 0 Å². The van der Waals surface area contributed by atoms with E-state index in [2.05, 4.69) is 0 Å². The van der Waals surface area contributed by atoms with E-state index in [1.807, 2.05) is 13.8 Å². The fraction of sp³-hybridized carbons (Fsp3) is 1.00. The van der Waals surface area contributed by atoms with Crippen molar-refractivity contribution in [2.45, 2.75) is 31.4 Å². The minimum absolute atomic E-state index is 0.0185. The van der Waals surface area contributed by atoms with Gasteiger partial charge >= 0.3 is 0 Å². The summed E-state index contributed by atoms with van der Waals surface area (Å²) in [5.41, 5.74) is 0.0434. The molecule has 1 aliphatic rings. The highest BCUT2D eigenvalue weighted by molar-refractivity contribution is 6.20. The number of hydrogen-bond acceptors (Lipinski definition) is 1. The van der Waals surface area contributed by atoms with Gasteiger partial charge in [-0.2, -0.15) is 0 Å². The fourth-order valence-corrected chi connectivity index (χ4v) is 1.34. The second-order valence-corrected chi connectivity index (χ2v) is 2.98. The van der Waals surface area contributed by atoms with Crippen LogP contribution in [0.1, 0.15) is 20.3 Å². The van der Waals surface area contributed by atoms with Crippen molar-refractivity contribution in [3.63, 3.8) is 0 Å². The molecule has 0 N–H and O–H groups in total. The summed E-state index contributed by atoms with van der Waals surface area (Å²) < 4.78 is 5.09. The van der Waals surface area contributed by atoms with Gasteiger partial charge in [0, 0.05) is 6.42 Å². The first-order chi connectivity index (χ1) is 3.10. The Morgan fingerprint density at radius 2 is 2.14 bits per heavy atom. The summed E-state index contributed by atoms with van der Waals surface area (Å²) in [6.07, 6.45) is 0.981. The molecule has 0 aromatic heterocycles. The Morgan fingerprint density at radius 3 is 2.14 bits per heavy atom. The maximum absolute atomic E-state index is 5.51. The smallest absolute Gasteiger partial charge is 0.134 e. The number of ether oxygens (including phenoxy) is 1. The first-order valence-electron chi connectivity index (χ1n) is 2.42. The summed E-state index contributed by atoms with van der Waals surface area (Å²) >= 11 is 5.51. The Hall–Kier alpha value is 0.250. The van der Waals surface area contributed by atoms with Crippen LogP contribution in [0.5, 0.6) is 0 Å². The lowest BCUT2D eigenvalue weighted by Crippen LogP contribution is -2.42. The molecule has 0 spiro atoms. The van der Waals surface area contributed by atoms with Crippen LogP contribution >= 0.6 is 11.6 Å². The molecule has 0 radical (unpaired) electrons. The van der Waals surface area contributed by atoms with Gasteiger partial charge in [0.1, 0.15) is 5.56 Å². The highest BCUT2D eigenvalue weighted by atomic mass is 35.5. The van der Waals surface area contributed by atoms with Crippen molar-refractivity contribution in [1.29, 1.82) is 0 Å². The lowest BCUT2D eigenvalue weighted by molar-refractivity contribution is -0.144. The van der Waals surface area contributed by atoms with Crippen molar-refractivity contribution in [3.05, 3.63) is 0 Å². The number of rotatable bonds is 0. The van der Waals surface area contributed by atoms with Crippen LogP contribution < -0.4 is 0 Å². The zero-order chi connectivity index (χ0) is 5.49. The minimum Gasteiger partial charge on any atom is -0.356 e. The van der Waals surface area contributed by atoms with E-state index in [0.717, 1.165) is 6.42 Å². The Morgan fingerprint density at radius 1 is 1.71 bits per heavy atom. The quantitative estimate of drug-likeness (QED) is 0.443. The molecule has 1 nitrogen and oxygen atoms in total. The molecule has 0 aromatic carbocycles. The third-order valence-electron chi connectivity index (χ3n) is 1.10. The molecule has 2 heteroatoms. The molecule has 0 amide bonds.